The van der Waals surface area contributed by atoms with Crippen LogP contribution in [0.1, 0.15) is 32.3 Å². The molecule has 2 aromatic carbocycles. The van der Waals surface area contributed by atoms with Gasteiger partial charge in [0.15, 0.2) is 0 Å². The van der Waals surface area contributed by atoms with Gasteiger partial charge < -0.3 is 15.0 Å². The quantitative estimate of drug-likeness (QED) is 0.491. The second kappa shape index (κ2) is 12.4. The Kier molecular flexibility index (Phi) is 9.85. The lowest BCUT2D eigenvalue weighted by Crippen LogP contribution is -2.52. The third kappa shape index (κ3) is 7.18. The van der Waals surface area contributed by atoms with Crippen LogP contribution in [0.15, 0.2) is 48.5 Å². The summed E-state index contributed by atoms with van der Waals surface area (Å²) >= 11 is 0. The van der Waals surface area contributed by atoms with Gasteiger partial charge in [-0.3, -0.25) is 13.9 Å². The zero-order valence-electron chi connectivity index (χ0n) is 20.0. The number of carbonyl (C=O) groups is 2. The first-order valence-electron chi connectivity index (χ1n) is 11.0. The predicted molar refractivity (Wildman–Crippen MR) is 130 cm³/mol. The van der Waals surface area contributed by atoms with Crippen molar-refractivity contribution in [3.8, 4) is 5.75 Å². The van der Waals surface area contributed by atoms with E-state index in [1.807, 2.05) is 6.92 Å². The molecule has 0 saturated carbocycles. The number of ether oxygens (including phenoxy) is 1. The normalized spacial score (nSPS) is 12.0. The van der Waals surface area contributed by atoms with Gasteiger partial charge in [0.05, 0.1) is 19.1 Å². The number of nitrogens with zero attached hydrogens (tertiary/aromatic N) is 2. The van der Waals surface area contributed by atoms with Crippen molar-refractivity contribution in [1.29, 1.82) is 0 Å². The molecule has 0 fully saturated rings. The molecule has 34 heavy (non-hydrogen) atoms. The average Bonchev–Trinajstić information content (AvgIpc) is 2.81. The number of rotatable bonds is 12. The maximum absolute atomic E-state index is 14.4. The third-order valence-electron chi connectivity index (χ3n) is 5.25. The maximum atomic E-state index is 14.4. The predicted octanol–water partition coefficient (Wildman–Crippen LogP) is 2.93. The fourth-order valence-electron chi connectivity index (χ4n) is 3.46. The topological polar surface area (TPSA) is 96.0 Å². The SMILES string of the molecule is CCCNC(=O)[C@H](CC)N(Cc1ccc(OC)cc1)C(=O)CN(c1ccccc1F)S(C)(=O)=O. The van der Waals surface area contributed by atoms with Gasteiger partial charge >= 0.3 is 0 Å². The van der Waals surface area contributed by atoms with Crippen molar-refractivity contribution in [3.63, 3.8) is 0 Å². The molecular formula is C24H32FN3O5S. The highest BCUT2D eigenvalue weighted by molar-refractivity contribution is 7.92. The minimum atomic E-state index is -3.99. The summed E-state index contributed by atoms with van der Waals surface area (Å²) in [6.07, 6.45) is 1.95. The second-order valence-corrected chi connectivity index (χ2v) is 9.71. The Morgan fingerprint density at radius 3 is 2.26 bits per heavy atom. The monoisotopic (exact) mass is 493 g/mol. The molecule has 2 rings (SSSR count). The number of methoxy groups -OCH3 is 1. The van der Waals surface area contributed by atoms with E-state index < -0.39 is 34.3 Å². The van der Waals surface area contributed by atoms with Crippen LogP contribution in [0.3, 0.4) is 0 Å². The van der Waals surface area contributed by atoms with Crippen molar-refractivity contribution in [3.05, 3.63) is 59.9 Å². The zero-order chi connectivity index (χ0) is 25.3. The van der Waals surface area contributed by atoms with E-state index in [0.29, 0.717) is 18.7 Å². The Morgan fingerprint density at radius 2 is 1.74 bits per heavy atom. The van der Waals surface area contributed by atoms with Crippen LogP contribution in [0.4, 0.5) is 10.1 Å². The molecule has 186 valence electrons. The molecule has 0 spiro atoms. The Hall–Kier alpha value is -3.14. The smallest absolute Gasteiger partial charge is 0.244 e. The van der Waals surface area contributed by atoms with Crippen LogP contribution in [0.25, 0.3) is 0 Å². The van der Waals surface area contributed by atoms with Crippen molar-refractivity contribution < 1.29 is 27.1 Å². The van der Waals surface area contributed by atoms with E-state index in [1.54, 1.807) is 38.3 Å². The van der Waals surface area contributed by atoms with Gasteiger partial charge in [0.25, 0.3) is 0 Å². The van der Waals surface area contributed by atoms with Crippen molar-refractivity contribution in [2.24, 2.45) is 0 Å². The van der Waals surface area contributed by atoms with Crippen molar-refractivity contribution in [2.75, 3.05) is 30.8 Å². The molecule has 0 unspecified atom stereocenters. The molecule has 0 aliphatic rings. The second-order valence-electron chi connectivity index (χ2n) is 7.81. The Labute approximate surface area is 200 Å². The van der Waals surface area contributed by atoms with Crippen LogP contribution in [-0.4, -0.2) is 57.6 Å². The fourth-order valence-corrected chi connectivity index (χ4v) is 4.31. The summed E-state index contributed by atoms with van der Waals surface area (Å²) in [5, 5.41) is 2.80. The van der Waals surface area contributed by atoms with Crippen molar-refractivity contribution >= 4 is 27.5 Å². The number of hydrogen-bond acceptors (Lipinski definition) is 5. The summed E-state index contributed by atoms with van der Waals surface area (Å²) in [4.78, 5) is 27.7. The number of hydrogen-bond donors (Lipinski definition) is 1. The molecular weight excluding hydrogens is 461 g/mol. The van der Waals surface area contributed by atoms with Crippen LogP contribution in [0.5, 0.6) is 5.75 Å². The van der Waals surface area contributed by atoms with Gasteiger partial charge in [-0.2, -0.15) is 0 Å². The molecule has 8 nitrogen and oxygen atoms in total. The molecule has 0 bridgehead atoms. The van der Waals surface area contributed by atoms with Crippen molar-refractivity contribution in [2.45, 2.75) is 39.3 Å². The minimum Gasteiger partial charge on any atom is -0.497 e. The van der Waals surface area contributed by atoms with E-state index in [2.05, 4.69) is 5.32 Å². The molecule has 0 radical (unpaired) electrons. The summed E-state index contributed by atoms with van der Waals surface area (Å²) in [6.45, 7) is 3.56. The molecule has 0 aliphatic carbocycles. The fraction of sp³-hybridized carbons (Fsp3) is 0.417. The van der Waals surface area contributed by atoms with E-state index in [-0.39, 0.29) is 18.1 Å². The number of amides is 2. The van der Waals surface area contributed by atoms with E-state index in [1.165, 1.54) is 23.1 Å². The van der Waals surface area contributed by atoms with E-state index >= 15 is 0 Å². The number of carbonyl (C=O) groups excluding carboxylic acids is 2. The summed E-state index contributed by atoms with van der Waals surface area (Å²) in [7, 11) is -2.45. The van der Waals surface area contributed by atoms with Gasteiger partial charge in [-0.05, 0) is 42.7 Å². The van der Waals surface area contributed by atoms with Crippen LogP contribution < -0.4 is 14.4 Å². The minimum absolute atomic E-state index is 0.0652. The molecule has 10 heteroatoms. The van der Waals surface area contributed by atoms with Crippen molar-refractivity contribution in [1.82, 2.24) is 10.2 Å². The molecule has 1 atom stereocenters. The van der Waals surface area contributed by atoms with Crippen LogP contribution in [0.2, 0.25) is 0 Å². The highest BCUT2D eigenvalue weighted by atomic mass is 32.2. The third-order valence-corrected chi connectivity index (χ3v) is 6.37. The first kappa shape index (κ1) is 27.1. The lowest BCUT2D eigenvalue weighted by molar-refractivity contribution is -0.140. The highest BCUT2D eigenvalue weighted by Gasteiger charge is 2.32. The Bertz CT molecular complexity index is 1080. The van der Waals surface area contributed by atoms with Gasteiger partial charge in [-0.25, -0.2) is 12.8 Å². The highest BCUT2D eigenvalue weighted by Crippen LogP contribution is 2.23. The van der Waals surface area contributed by atoms with Crippen LogP contribution in [0, 0.1) is 5.82 Å². The summed E-state index contributed by atoms with van der Waals surface area (Å²) < 4.78 is 45.3. The number of anilines is 1. The molecule has 0 aliphatic heterocycles. The first-order valence-corrected chi connectivity index (χ1v) is 12.9. The first-order chi connectivity index (χ1) is 16.1. The lowest BCUT2D eigenvalue weighted by Gasteiger charge is -2.33. The van der Waals surface area contributed by atoms with Gasteiger partial charge in [0, 0.05) is 13.1 Å². The number of sulfonamides is 1. The molecule has 0 saturated heterocycles. The number of para-hydroxylation sites is 1. The zero-order valence-corrected chi connectivity index (χ0v) is 20.8. The number of nitrogens with one attached hydrogen (secondary N) is 1. The standard InChI is InChI=1S/C24H32FN3O5S/c1-5-15-26-24(30)21(6-2)27(16-18-11-13-19(33-3)14-12-18)23(29)17-28(34(4,31)32)22-10-8-7-9-20(22)25/h7-14,21H,5-6,15-17H2,1-4H3,(H,26,30)/t21-/m0/s1. The summed E-state index contributed by atoms with van der Waals surface area (Å²) in [5.74, 6) is -1.08. The molecule has 0 aromatic heterocycles. The van der Waals surface area contributed by atoms with E-state index in [0.717, 1.165) is 28.6 Å². The Morgan fingerprint density at radius 1 is 1.09 bits per heavy atom. The number of benzene rings is 2. The molecule has 2 aromatic rings. The summed E-state index contributed by atoms with van der Waals surface area (Å²) in [6, 6.07) is 11.5. The number of halogens is 1. The van der Waals surface area contributed by atoms with Gasteiger partial charge in [0.2, 0.25) is 21.8 Å². The van der Waals surface area contributed by atoms with Gasteiger partial charge in [0.1, 0.15) is 24.2 Å². The molecule has 2 amide bonds. The summed E-state index contributed by atoms with van der Waals surface area (Å²) in [5.41, 5.74) is 0.499. The van der Waals surface area contributed by atoms with Crippen LogP contribution in [-0.2, 0) is 26.2 Å². The van der Waals surface area contributed by atoms with E-state index in [9.17, 15) is 22.4 Å². The van der Waals surface area contributed by atoms with E-state index in [4.69, 9.17) is 4.74 Å². The average molecular weight is 494 g/mol. The Balaban J connectivity index is 2.42. The van der Waals surface area contributed by atoms with Crippen LogP contribution >= 0.6 is 0 Å². The van der Waals surface area contributed by atoms with Gasteiger partial charge in [-0.15, -0.1) is 0 Å². The largest absolute Gasteiger partial charge is 0.497 e. The molecule has 0 heterocycles. The van der Waals surface area contributed by atoms with Gasteiger partial charge in [-0.1, -0.05) is 38.1 Å². The maximum Gasteiger partial charge on any atom is 0.244 e. The lowest BCUT2D eigenvalue weighted by atomic mass is 10.1. The molecule has 1 N–H and O–H groups in total.